The number of sulfonamides is 1. The summed E-state index contributed by atoms with van der Waals surface area (Å²) in [5.41, 5.74) is 0.343. The molecule has 0 bridgehead atoms. The van der Waals surface area contributed by atoms with Gasteiger partial charge in [0.05, 0.1) is 22.8 Å². The Hall–Kier alpha value is -2.69. The zero-order valence-electron chi connectivity index (χ0n) is 17.7. The van der Waals surface area contributed by atoms with E-state index in [0.29, 0.717) is 35.7 Å². The quantitative estimate of drug-likeness (QED) is 0.443. The Morgan fingerprint density at radius 1 is 1.28 bits per heavy atom. The number of rotatable bonds is 7. The number of piperidine rings is 1. The second-order valence-electron chi connectivity index (χ2n) is 7.60. The maximum atomic E-state index is 13.0. The molecule has 1 fully saturated rings. The maximum Gasteiger partial charge on any atom is 0.269 e. The van der Waals surface area contributed by atoms with Crippen molar-refractivity contribution >= 4 is 33.2 Å². The summed E-state index contributed by atoms with van der Waals surface area (Å²) >= 11 is 6.15. The van der Waals surface area contributed by atoms with Crippen LogP contribution < -0.4 is 4.74 Å². The van der Waals surface area contributed by atoms with Gasteiger partial charge in [-0.1, -0.05) is 11.6 Å². The van der Waals surface area contributed by atoms with Crippen LogP contribution in [0.25, 0.3) is 0 Å². The molecule has 1 aliphatic rings. The highest BCUT2D eigenvalue weighted by Crippen LogP contribution is 2.28. The first-order chi connectivity index (χ1) is 15.1. The third-order valence-corrected chi connectivity index (χ3v) is 7.70. The van der Waals surface area contributed by atoms with Crippen molar-refractivity contribution in [3.63, 3.8) is 0 Å². The van der Waals surface area contributed by atoms with Gasteiger partial charge in [-0.05, 0) is 48.7 Å². The zero-order valence-corrected chi connectivity index (χ0v) is 19.3. The normalized spacial score (nSPS) is 17.0. The lowest BCUT2D eigenvalue weighted by Gasteiger charge is -2.33. The molecule has 172 valence electrons. The number of hydrogen-bond donors (Lipinski definition) is 0. The molecule has 1 aliphatic heterocycles. The van der Waals surface area contributed by atoms with Gasteiger partial charge in [-0.3, -0.25) is 14.9 Å². The summed E-state index contributed by atoms with van der Waals surface area (Å²) < 4.78 is 32.5. The van der Waals surface area contributed by atoms with Gasteiger partial charge in [-0.25, -0.2) is 8.42 Å². The minimum absolute atomic E-state index is 0.0696. The number of carbonyl (C=O) groups excluding carboxylic acids is 1. The number of ether oxygens (including phenoxy) is 1. The minimum Gasteiger partial charge on any atom is -0.497 e. The zero-order chi connectivity index (χ0) is 23.5. The summed E-state index contributed by atoms with van der Waals surface area (Å²) in [7, 11) is -0.669. The average Bonchev–Trinajstić information content (AvgIpc) is 2.79. The molecule has 0 spiro atoms. The summed E-state index contributed by atoms with van der Waals surface area (Å²) in [5.74, 6) is -0.196. The van der Waals surface area contributed by atoms with Crippen molar-refractivity contribution in [1.82, 2.24) is 9.21 Å². The van der Waals surface area contributed by atoms with E-state index in [4.69, 9.17) is 16.3 Å². The van der Waals surface area contributed by atoms with Gasteiger partial charge in [0.1, 0.15) is 5.75 Å². The number of nitrogens with zero attached hydrogens (tertiary/aromatic N) is 3. The van der Waals surface area contributed by atoms with Crippen LogP contribution in [0.2, 0.25) is 5.02 Å². The summed E-state index contributed by atoms with van der Waals surface area (Å²) in [4.78, 5) is 25.1. The first-order valence-corrected chi connectivity index (χ1v) is 11.8. The molecule has 32 heavy (non-hydrogen) atoms. The largest absolute Gasteiger partial charge is 0.497 e. The van der Waals surface area contributed by atoms with Gasteiger partial charge in [-0.15, -0.1) is 0 Å². The van der Waals surface area contributed by atoms with Crippen molar-refractivity contribution in [2.45, 2.75) is 24.3 Å². The Labute approximate surface area is 191 Å². The van der Waals surface area contributed by atoms with E-state index < -0.39 is 20.9 Å². The van der Waals surface area contributed by atoms with Crippen LogP contribution in [0, 0.1) is 16.0 Å². The second kappa shape index (κ2) is 9.85. The fourth-order valence-electron chi connectivity index (χ4n) is 3.70. The van der Waals surface area contributed by atoms with Gasteiger partial charge in [0.25, 0.3) is 5.69 Å². The SMILES string of the molecule is COc1ccc(S(=O)(=O)N2CCC[C@@H](C(=O)N(C)Cc3cc([N+](=O)[O-])ccc3Cl)C2)cc1. The van der Waals surface area contributed by atoms with E-state index in [9.17, 15) is 23.3 Å². The number of carbonyl (C=O) groups is 1. The third-order valence-electron chi connectivity index (χ3n) is 5.45. The Balaban J connectivity index is 1.72. The Bertz CT molecular complexity index is 1110. The Kier molecular flexibility index (Phi) is 7.37. The van der Waals surface area contributed by atoms with Crippen molar-refractivity contribution < 1.29 is 22.9 Å². The van der Waals surface area contributed by atoms with Gasteiger partial charge in [0, 0.05) is 43.8 Å². The molecule has 2 aromatic carbocycles. The van der Waals surface area contributed by atoms with Crippen LogP contribution in [0.1, 0.15) is 18.4 Å². The molecule has 0 aliphatic carbocycles. The van der Waals surface area contributed by atoms with Crippen LogP contribution in [0.4, 0.5) is 5.69 Å². The summed E-state index contributed by atoms with van der Waals surface area (Å²) in [6.07, 6.45) is 1.11. The molecule has 0 radical (unpaired) electrons. The molecule has 3 rings (SSSR count). The smallest absolute Gasteiger partial charge is 0.269 e. The number of amides is 1. The van der Waals surface area contributed by atoms with E-state index in [1.165, 1.54) is 46.6 Å². The Morgan fingerprint density at radius 3 is 2.59 bits per heavy atom. The lowest BCUT2D eigenvalue weighted by atomic mass is 9.98. The predicted molar refractivity (Wildman–Crippen MR) is 119 cm³/mol. The summed E-state index contributed by atoms with van der Waals surface area (Å²) in [5, 5.41) is 11.3. The molecule has 0 unspecified atom stereocenters. The highest BCUT2D eigenvalue weighted by Gasteiger charge is 2.34. The van der Waals surface area contributed by atoms with Crippen LogP contribution in [0.5, 0.6) is 5.75 Å². The first-order valence-electron chi connectivity index (χ1n) is 9.95. The first kappa shape index (κ1) is 24.0. The molecule has 1 atom stereocenters. The van der Waals surface area contributed by atoms with E-state index in [-0.39, 0.29) is 29.6 Å². The number of hydrogen-bond acceptors (Lipinski definition) is 6. The van der Waals surface area contributed by atoms with Crippen LogP contribution in [-0.4, -0.2) is 55.7 Å². The van der Waals surface area contributed by atoms with Gasteiger partial charge in [0.2, 0.25) is 15.9 Å². The number of halogens is 1. The molecule has 1 heterocycles. The molecule has 0 saturated carbocycles. The van der Waals surface area contributed by atoms with Crippen LogP contribution in [0.15, 0.2) is 47.4 Å². The number of non-ortho nitro benzene ring substituents is 1. The number of nitro groups is 1. The Morgan fingerprint density at radius 2 is 1.97 bits per heavy atom. The van der Waals surface area contributed by atoms with Crippen LogP contribution >= 0.6 is 11.6 Å². The van der Waals surface area contributed by atoms with Crippen molar-refractivity contribution in [3.05, 3.63) is 63.2 Å². The van der Waals surface area contributed by atoms with E-state index >= 15 is 0 Å². The fourth-order valence-corrected chi connectivity index (χ4v) is 5.40. The molecular weight excluding hydrogens is 458 g/mol. The van der Waals surface area contributed by atoms with Gasteiger partial charge >= 0.3 is 0 Å². The third kappa shape index (κ3) is 5.20. The van der Waals surface area contributed by atoms with Gasteiger partial charge < -0.3 is 9.64 Å². The number of methoxy groups -OCH3 is 1. The van der Waals surface area contributed by atoms with Gasteiger partial charge in [-0.2, -0.15) is 4.31 Å². The highest BCUT2D eigenvalue weighted by molar-refractivity contribution is 7.89. The lowest BCUT2D eigenvalue weighted by molar-refractivity contribution is -0.384. The average molecular weight is 482 g/mol. The van der Waals surface area contributed by atoms with Crippen molar-refractivity contribution in [2.24, 2.45) is 5.92 Å². The van der Waals surface area contributed by atoms with Crippen molar-refractivity contribution in [1.29, 1.82) is 0 Å². The lowest BCUT2D eigenvalue weighted by Crippen LogP contribution is -2.45. The van der Waals surface area contributed by atoms with Crippen molar-refractivity contribution in [2.75, 3.05) is 27.2 Å². The monoisotopic (exact) mass is 481 g/mol. The predicted octanol–water partition coefficient (Wildman–Crippen LogP) is 3.32. The number of benzene rings is 2. The molecule has 2 aromatic rings. The van der Waals surface area contributed by atoms with E-state index in [2.05, 4.69) is 0 Å². The molecular formula is C21H24ClN3O6S. The molecule has 0 N–H and O–H groups in total. The molecule has 1 amide bonds. The summed E-state index contributed by atoms with van der Waals surface area (Å²) in [6.45, 7) is 0.486. The topological polar surface area (TPSA) is 110 Å². The van der Waals surface area contributed by atoms with Gasteiger partial charge in [0.15, 0.2) is 0 Å². The van der Waals surface area contributed by atoms with E-state index in [0.717, 1.165) is 0 Å². The van der Waals surface area contributed by atoms with Crippen LogP contribution in [-0.2, 0) is 21.4 Å². The maximum absolute atomic E-state index is 13.0. The number of nitro benzene ring substituents is 1. The fraction of sp³-hybridized carbons (Fsp3) is 0.381. The molecule has 9 nitrogen and oxygen atoms in total. The minimum atomic E-state index is -3.75. The second-order valence-corrected chi connectivity index (χ2v) is 9.95. The molecule has 11 heteroatoms. The standard InChI is InChI=1S/C21H24ClN3O6S/c1-23(13-16-12-17(25(27)28)5-10-20(16)22)21(26)15-4-3-11-24(14-15)32(29,30)19-8-6-18(31-2)7-9-19/h5-10,12,15H,3-4,11,13-14H2,1-2H3/t15-/m1/s1. The molecule has 1 saturated heterocycles. The van der Waals surface area contributed by atoms with E-state index in [1.54, 1.807) is 19.2 Å². The molecule has 0 aromatic heterocycles. The summed E-state index contributed by atoms with van der Waals surface area (Å²) in [6, 6.07) is 10.2. The van der Waals surface area contributed by atoms with Crippen LogP contribution in [0.3, 0.4) is 0 Å². The van der Waals surface area contributed by atoms with E-state index in [1.807, 2.05) is 0 Å². The highest BCUT2D eigenvalue weighted by atomic mass is 35.5. The van der Waals surface area contributed by atoms with Crippen molar-refractivity contribution in [3.8, 4) is 5.75 Å².